The SMILES string of the molecule is C=C(C1CCC(CCCCC)CC1)C1CCCCC1CC/C=C(/C=C/CC)C1CCCCC1. The summed E-state index contributed by atoms with van der Waals surface area (Å²) in [5.41, 5.74) is 3.35. The minimum atomic E-state index is 0.818. The molecule has 0 aliphatic heterocycles. The van der Waals surface area contributed by atoms with E-state index in [0.717, 1.165) is 36.0 Å². The summed E-state index contributed by atoms with van der Waals surface area (Å²) < 4.78 is 0. The van der Waals surface area contributed by atoms with Gasteiger partial charge in [0.2, 0.25) is 0 Å². The highest BCUT2D eigenvalue weighted by Crippen LogP contribution is 2.44. The van der Waals surface area contributed by atoms with Crippen LogP contribution in [0.1, 0.15) is 142 Å². The van der Waals surface area contributed by atoms with Gasteiger partial charge in [0.05, 0.1) is 0 Å². The topological polar surface area (TPSA) is 0 Å². The van der Waals surface area contributed by atoms with Gasteiger partial charge in [-0.3, -0.25) is 0 Å². The third-order valence-corrected chi connectivity index (χ3v) is 9.51. The van der Waals surface area contributed by atoms with E-state index < -0.39 is 0 Å². The molecule has 0 radical (unpaired) electrons. The van der Waals surface area contributed by atoms with Crippen molar-refractivity contribution in [1.82, 2.24) is 0 Å². The molecule has 0 aromatic rings. The average Bonchev–Trinajstić information content (AvgIpc) is 2.87. The number of hydrogen-bond donors (Lipinski definition) is 0. The van der Waals surface area contributed by atoms with Crippen LogP contribution in [0.2, 0.25) is 0 Å². The highest BCUT2D eigenvalue weighted by Gasteiger charge is 2.32. The van der Waals surface area contributed by atoms with Crippen LogP contribution in [-0.2, 0) is 0 Å². The maximum absolute atomic E-state index is 4.78. The second kappa shape index (κ2) is 15.3. The number of hydrogen-bond acceptors (Lipinski definition) is 0. The molecule has 3 aliphatic carbocycles. The second-order valence-electron chi connectivity index (χ2n) is 11.9. The molecule has 33 heavy (non-hydrogen) atoms. The van der Waals surface area contributed by atoms with Gasteiger partial charge in [0.1, 0.15) is 0 Å². The summed E-state index contributed by atoms with van der Waals surface area (Å²) in [4.78, 5) is 0. The normalized spacial score (nSPS) is 30.1. The lowest BCUT2D eigenvalue weighted by Gasteiger charge is -2.38. The Bertz CT molecular complexity index is 594. The minimum Gasteiger partial charge on any atom is -0.0993 e. The predicted octanol–water partition coefficient (Wildman–Crippen LogP) is 11.0. The molecule has 0 spiro atoms. The summed E-state index contributed by atoms with van der Waals surface area (Å²) >= 11 is 0. The molecule has 188 valence electrons. The number of allylic oxidation sites excluding steroid dienone is 5. The minimum absolute atomic E-state index is 0.818. The molecular formula is C33H56. The van der Waals surface area contributed by atoms with E-state index in [-0.39, 0.29) is 0 Å². The largest absolute Gasteiger partial charge is 0.0993 e. The first-order valence-electron chi connectivity index (χ1n) is 15.3. The molecule has 3 rings (SSSR count). The van der Waals surface area contributed by atoms with E-state index in [4.69, 9.17) is 6.58 Å². The summed E-state index contributed by atoms with van der Waals surface area (Å²) in [6.07, 6.45) is 35.9. The van der Waals surface area contributed by atoms with Gasteiger partial charge in [0, 0.05) is 0 Å². The van der Waals surface area contributed by atoms with Crippen molar-refractivity contribution in [3.63, 3.8) is 0 Å². The van der Waals surface area contributed by atoms with E-state index in [2.05, 4.69) is 32.1 Å². The predicted molar refractivity (Wildman–Crippen MR) is 148 cm³/mol. The molecule has 0 aromatic carbocycles. The molecule has 3 aliphatic rings. The average molecular weight is 453 g/mol. The first kappa shape index (κ1) is 26.8. The lowest BCUT2D eigenvalue weighted by molar-refractivity contribution is 0.215. The standard InChI is InChI=1S/C33H56/c1-4-6-9-15-28-23-25-29(26-24-28)27(3)33-22-13-12-19-32(33)21-14-20-30(16-7-5-2)31-17-10-8-11-18-31/h7,16,20,28-29,31-33H,3-6,8-15,17-19,21-26H2,1-2H3/b16-7+,30-20-. The van der Waals surface area contributed by atoms with Crippen LogP contribution in [0.25, 0.3) is 0 Å². The monoisotopic (exact) mass is 452 g/mol. The molecule has 0 nitrogen and oxygen atoms in total. The van der Waals surface area contributed by atoms with Crippen molar-refractivity contribution in [3.05, 3.63) is 36.0 Å². The van der Waals surface area contributed by atoms with Gasteiger partial charge in [-0.1, -0.05) is 102 Å². The van der Waals surface area contributed by atoms with Crippen molar-refractivity contribution in [1.29, 1.82) is 0 Å². The fraction of sp³-hybridized carbons (Fsp3) is 0.818. The Morgan fingerprint density at radius 2 is 1.48 bits per heavy atom. The summed E-state index contributed by atoms with van der Waals surface area (Å²) in [6, 6.07) is 0. The highest BCUT2D eigenvalue weighted by atomic mass is 14.4. The van der Waals surface area contributed by atoms with Gasteiger partial charge in [-0.2, -0.15) is 0 Å². The molecule has 0 N–H and O–H groups in total. The molecule has 0 amide bonds. The summed E-state index contributed by atoms with van der Waals surface area (Å²) in [7, 11) is 0. The summed E-state index contributed by atoms with van der Waals surface area (Å²) in [5, 5.41) is 0. The van der Waals surface area contributed by atoms with Gasteiger partial charge in [-0.15, -0.1) is 0 Å². The molecule has 2 unspecified atom stereocenters. The lowest BCUT2D eigenvalue weighted by atomic mass is 9.67. The van der Waals surface area contributed by atoms with E-state index in [1.807, 2.05) is 0 Å². The van der Waals surface area contributed by atoms with Gasteiger partial charge in [-0.05, 0) is 106 Å². The molecule has 0 saturated heterocycles. The molecule has 0 heterocycles. The third kappa shape index (κ3) is 8.74. The van der Waals surface area contributed by atoms with Crippen molar-refractivity contribution >= 4 is 0 Å². The van der Waals surface area contributed by atoms with Gasteiger partial charge in [-0.25, -0.2) is 0 Å². The maximum Gasteiger partial charge on any atom is -0.0165 e. The first-order valence-corrected chi connectivity index (χ1v) is 15.3. The number of unbranched alkanes of at least 4 members (excludes halogenated alkanes) is 2. The zero-order chi connectivity index (χ0) is 23.3. The molecular weight excluding hydrogens is 396 g/mol. The van der Waals surface area contributed by atoms with Crippen molar-refractivity contribution in [2.24, 2.45) is 29.6 Å². The van der Waals surface area contributed by atoms with Gasteiger partial charge in [0.15, 0.2) is 0 Å². The Morgan fingerprint density at radius 1 is 0.758 bits per heavy atom. The molecule has 3 saturated carbocycles. The van der Waals surface area contributed by atoms with E-state index in [1.165, 1.54) is 122 Å². The van der Waals surface area contributed by atoms with Gasteiger partial charge in [0.25, 0.3) is 0 Å². The fourth-order valence-electron chi connectivity index (χ4n) is 7.37. The van der Waals surface area contributed by atoms with Crippen LogP contribution >= 0.6 is 0 Å². The van der Waals surface area contributed by atoms with Crippen LogP contribution < -0.4 is 0 Å². The van der Waals surface area contributed by atoms with Crippen molar-refractivity contribution in [2.75, 3.05) is 0 Å². The van der Waals surface area contributed by atoms with Crippen LogP contribution in [0.5, 0.6) is 0 Å². The molecule has 2 atom stereocenters. The molecule has 3 fully saturated rings. The third-order valence-electron chi connectivity index (χ3n) is 9.51. The summed E-state index contributed by atoms with van der Waals surface area (Å²) in [6.45, 7) is 9.38. The highest BCUT2D eigenvalue weighted by molar-refractivity contribution is 5.22. The Labute approximate surface area is 207 Å². The lowest BCUT2D eigenvalue weighted by Crippen LogP contribution is -2.26. The van der Waals surface area contributed by atoms with Crippen molar-refractivity contribution in [2.45, 2.75) is 142 Å². The Hall–Kier alpha value is -0.780. The molecule has 0 bridgehead atoms. The smallest absolute Gasteiger partial charge is 0.0165 e. The van der Waals surface area contributed by atoms with E-state index in [9.17, 15) is 0 Å². The van der Waals surface area contributed by atoms with Gasteiger partial charge >= 0.3 is 0 Å². The quantitative estimate of drug-likeness (QED) is 0.157. The Balaban J connectivity index is 1.51. The van der Waals surface area contributed by atoms with E-state index in [1.54, 1.807) is 11.1 Å². The van der Waals surface area contributed by atoms with Crippen LogP contribution in [0.3, 0.4) is 0 Å². The maximum atomic E-state index is 4.78. The van der Waals surface area contributed by atoms with Crippen molar-refractivity contribution < 1.29 is 0 Å². The van der Waals surface area contributed by atoms with E-state index in [0.29, 0.717) is 0 Å². The molecule has 0 heteroatoms. The zero-order valence-electron chi connectivity index (χ0n) is 22.5. The first-order chi connectivity index (χ1) is 16.2. The van der Waals surface area contributed by atoms with Crippen LogP contribution in [0.15, 0.2) is 36.0 Å². The fourth-order valence-corrected chi connectivity index (χ4v) is 7.37. The van der Waals surface area contributed by atoms with Crippen LogP contribution in [0.4, 0.5) is 0 Å². The Morgan fingerprint density at radius 3 is 2.21 bits per heavy atom. The van der Waals surface area contributed by atoms with Gasteiger partial charge < -0.3 is 0 Å². The second-order valence-corrected chi connectivity index (χ2v) is 11.9. The molecule has 0 aromatic heterocycles. The van der Waals surface area contributed by atoms with Crippen LogP contribution in [-0.4, -0.2) is 0 Å². The zero-order valence-corrected chi connectivity index (χ0v) is 22.5. The van der Waals surface area contributed by atoms with Crippen LogP contribution in [0, 0.1) is 29.6 Å². The van der Waals surface area contributed by atoms with Crippen molar-refractivity contribution in [3.8, 4) is 0 Å². The summed E-state index contributed by atoms with van der Waals surface area (Å²) in [5.74, 6) is 4.40. The Kier molecular flexibility index (Phi) is 12.4. The van der Waals surface area contributed by atoms with E-state index >= 15 is 0 Å². The number of rotatable bonds is 12.